The first kappa shape index (κ1) is 11.5. The number of hydrogen-bond donors (Lipinski definition) is 0. The molecule has 0 spiro atoms. The summed E-state index contributed by atoms with van der Waals surface area (Å²) in [6.07, 6.45) is 3.71. The summed E-state index contributed by atoms with van der Waals surface area (Å²) in [5.41, 5.74) is 0. The van der Waals surface area contributed by atoms with Crippen LogP contribution in [0.1, 0.15) is 25.7 Å². The highest BCUT2D eigenvalue weighted by Gasteiger charge is 2.20. The number of carbonyl (C=O) groups is 1. The molecule has 0 aromatic heterocycles. The summed E-state index contributed by atoms with van der Waals surface area (Å²) in [4.78, 5) is 12.6. The number of rotatable bonds is 3. The molecule has 1 aliphatic rings. The lowest BCUT2D eigenvalue weighted by atomic mass is 9.99. The molecule has 1 aliphatic carbocycles. The zero-order chi connectivity index (χ0) is 11.4. The average molecular weight is 236 g/mol. The summed E-state index contributed by atoms with van der Waals surface area (Å²) in [6, 6.07) is 8.05. The molecule has 0 radical (unpaired) electrons. The van der Waals surface area contributed by atoms with Crippen LogP contribution in [0.3, 0.4) is 0 Å². The quantitative estimate of drug-likeness (QED) is 0.805. The number of methoxy groups -OCH3 is 1. The molecule has 0 unspecified atom stereocenters. The Morgan fingerprint density at radius 3 is 2.69 bits per heavy atom. The maximum atomic E-state index is 11.3. The fourth-order valence-corrected chi connectivity index (χ4v) is 3.16. The third-order valence-corrected chi connectivity index (χ3v) is 4.08. The van der Waals surface area contributed by atoms with E-state index in [-0.39, 0.29) is 0 Å². The summed E-state index contributed by atoms with van der Waals surface area (Å²) < 4.78 is 5.11. The number of hydrogen-bond acceptors (Lipinski definition) is 3. The molecule has 0 N–H and O–H groups in total. The van der Waals surface area contributed by atoms with Crippen molar-refractivity contribution in [3.63, 3.8) is 0 Å². The van der Waals surface area contributed by atoms with Crippen molar-refractivity contribution in [2.24, 2.45) is 0 Å². The van der Waals surface area contributed by atoms with E-state index in [1.807, 2.05) is 23.9 Å². The Kier molecular flexibility index (Phi) is 3.88. The predicted octanol–water partition coefficient (Wildman–Crippen LogP) is 3.30. The summed E-state index contributed by atoms with van der Waals surface area (Å²) in [5.74, 6) is 1.29. The zero-order valence-electron chi connectivity index (χ0n) is 9.44. The summed E-state index contributed by atoms with van der Waals surface area (Å²) in [5, 5.41) is 0.467. The van der Waals surface area contributed by atoms with E-state index in [9.17, 15) is 4.79 Å². The number of Topliss-reactive ketones (excluding diaryl/α,β-unsaturated/α-hetero) is 1. The van der Waals surface area contributed by atoms with Gasteiger partial charge in [-0.2, -0.15) is 0 Å². The molecule has 1 fully saturated rings. The molecule has 1 saturated carbocycles. The van der Waals surface area contributed by atoms with Crippen molar-refractivity contribution < 1.29 is 9.53 Å². The maximum absolute atomic E-state index is 11.3. The first-order chi connectivity index (χ1) is 7.78. The second-order valence-corrected chi connectivity index (χ2v) is 5.42. The Morgan fingerprint density at radius 2 is 2.06 bits per heavy atom. The Morgan fingerprint density at radius 1 is 1.31 bits per heavy atom. The third-order valence-electron chi connectivity index (χ3n) is 2.80. The van der Waals surface area contributed by atoms with Crippen LogP contribution in [0.2, 0.25) is 0 Å². The van der Waals surface area contributed by atoms with E-state index in [1.165, 1.54) is 4.90 Å². The van der Waals surface area contributed by atoms with Crippen LogP contribution in [0.15, 0.2) is 29.2 Å². The lowest BCUT2D eigenvalue weighted by Gasteiger charge is -2.20. The van der Waals surface area contributed by atoms with Gasteiger partial charge in [0.05, 0.1) is 7.11 Å². The van der Waals surface area contributed by atoms with E-state index in [1.54, 1.807) is 7.11 Å². The van der Waals surface area contributed by atoms with Crippen molar-refractivity contribution in [3.8, 4) is 5.75 Å². The Bertz CT molecular complexity index is 359. The fraction of sp³-hybridized carbons (Fsp3) is 0.462. The third kappa shape index (κ3) is 3.01. The van der Waals surface area contributed by atoms with Crippen molar-refractivity contribution in [1.29, 1.82) is 0 Å². The van der Waals surface area contributed by atoms with Gasteiger partial charge in [0, 0.05) is 23.0 Å². The standard InChI is InChI=1S/C13H16O2S/c1-15-11-5-7-12(8-6-11)16-13-4-2-3-10(14)9-13/h5-8,13H,2-4,9H2,1H3/t13-/m1/s1. The molecule has 0 heterocycles. The van der Waals surface area contributed by atoms with E-state index in [2.05, 4.69) is 12.1 Å². The average Bonchev–Trinajstić information content (AvgIpc) is 2.30. The molecule has 1 atom stereocenters. The number of carbonyl (C=O) groups excluding carboxylic acids is 1. The van der Waals surface area contributed by atoms with Gasteiger partial charge in [-0.25, -0.2) is 0 Å². The van der Waals surface area contributed by atoms with Crippen LogP contribution in [0.5, 0.6) is 5.75 Å². The van der Waals surface area contributed by atoms with Gasteiger partial charge in [-0.05, 0) is 37.1 Å². The van der Waals surface area contributed by atoms with Crippen LogP contribution in [0.25, 0.3) is 0 Å². The van der Waals surface area contributed by atoms with Gasteiger partial charge in [-0.15, -0.1) is 11.8 Å². The first-order valence-electron chi connectivity index (χ1n) is 5.60. The largest absolute Gasteiger partial charge is 0.497 e. The molecule has 0 saturated heterocycles. The Labute approximate surface area is 100 Å². The van der Waals surface area contributed by atoms with Gasteiger partial charge in [0.1, 0.15) is 11.5 Å². The van der Waals surface area contributed by atoms with Crippen LogP contribution < -0.4 is 4.74 Å². The minimum Gasteiger partial charge on any atom is -0.497 e. The fourth-order valence-electron chi connectivity index (χ4n) is 1.93. The molecule has 1 aromatic rings. The van der Waals surface area contributed by atoms with Crippen LogP contribution in [0, 0.1) is 0 Å². The SMILES string of the molecule is COc1ccc(S[C@@H]2CCCC(=O)C2)cc1. The molecule has 2 rings (SSSR count). The Balaban J connectivity index is 1.94. The van der Waals surface area contributed by atoms with Gasteiger partial charge in [-0.3, -0.25) is 4.79 Å². The molecular weight excluding hydrogens is 220 g/mol. The first-order valence-corrected chi connectivity index (χ1v) is 6.48. The van der Waals surface area contributed by atoms with Gasteiger partial charge in [0.25, 0.3) is 0 Å². The maximum Gasteiger partial charge on any atom is 0.134 e. The van der Waals surface area contributed by atoms with E-state index in [4.69, 9.17) is 4.74 Å². The lowest BCUT2D eigenvalue weighted by molar-refractivity contribution is -0.120. The van der Waals surface area contributed by atoms with Crippen LogP contribution >= 0.6 is 11.8 Å². The number of benzene rings is 1. The van der Waals surface area contributed by atoms with Crippen LogP contribution in [-0.4, -0.2) is 18.1 Å². The second kappa shape index (κ2) is 5.39. The topological polar surface area (TPSA) is 26.3 Å². The molecule has 0 aliphatic heterocycles. The molecule has 0 bridgehead atoms. The summed E-state index contributed by atoms with van der Waals surface area (Å²) in [7, 11) is 1.67. The summed E-state index contributed by atoms with van der Waals surface area (Å²) in [6.45, 7) is 0. The normalized spacial score (nSPS) is 20.8. The van der Waals surface area contributed by atoms with Gasteiger partial charge in [0.2, 0.25) is 0 Å². The van der Waals surface area contributed by atoms with Crippen molar-refractivity contribution in [1.82, 2.24) is 0 Å². The van der Waals surface area contributed by atoms with Crippen molar-refractivity contribution in [3.05, 3.63) is 24.3 Å². The molecule has 1 aromatic carbocycles. The van der Waals surface area contributed by atoms with Crippen molar-refractivity contribution in [2.75, 3.05) is 7.11 Å². The van der Waals surface area contributed by atoms with Gasteiger partial charge >= 0.3 is 0 Å². The van der Waals surface area contributed by atoms with Gasteiger partial charge in [0.15, 0.2) is 0 Å². The van der Waals surface area contributed by atoms with Gasteiger partial charge < -0.3 is 4.74 Å². The van der Waals surface area contributed by atoms with Crippen molar-refractivity contribution in [2.45, 2.75) is 35.8 Å². The van der Waals surface area contributed by atoms with Crippen LogP contribution in [0.4, 0.5) is 0 Å². The predicted molar refractivity (Wildman–Crippen MR) is 66.1 cm³/mol. The van der Waals surface area contributed by atoms with Gasteiger partial charge in [-0.1, -0.05) is 0 Å². The highest BCUT2D eigenvalue weighted by molar-refractivity contribution is 8.00. The number of ketones is 1. The number of thioether (sulfide) groups is 1. The minimum atomic E-state index is 0.414. The highest BCUT2D eigenvalue weighted by atomic mass is 32.2. The molecule has 2 nitrogen and oxygen atoms in total. The smallest absolute Gasteiger partial charge is 0.134 e. The number of ether oxygens (including phenoxy) is 1. The van der Waals surface area contributed by atoms with E-state index in [0.29, 0.717) is 11.0 Å². The summed E-state index contributed by atoms with van der Waals surface area (Å²) >= 11 is 1.81. The highest BCUT2D eigenvalue weighted by Crippen LogP contribution is 2.32. The van der Waals surface area contributed by atoms with E-state index < -0.39 is 0 Å². The molecule has 3 heteroatoms. The lowest BCUT2D eigenvalue weighted by Crippen LogP contribution is -2.16. The minimum absolute atomic E-state index is 0.414. The molecule has 0 amide bonds. The molecular formula is C13H16O2S. The van der Waals surface area contributed by atoms with E-state index >= 15 is 0 Å². The van der Waals surface area contributed by atoms with Crippen molar-refractivity contribution >= 4 is 17.5 Å². The zero-order valence-corrected chi connectivity index (χ0v) is 10.3. The second-order valence-electron chi connectivity index (χ2n) is 4.05. The van der Waals surface area contributed by atoms with Crippen LogP contribution in [-0.2, 0) is 4.79 Å². The molecule has 86 valence electrons. The Hall–Kier alpha value is -0.960. The van der Waals surface area contributed by atoms with E-state index in [0.717, 1.165) is 31.4 Å². The monoisotopic (exact) mass is 236 g/mol. The molecule has 16 heavy (non-hydrogen) atoms.